The van der Waals surface area contributed by atoms with E-state index < -0.39 is 17.8 Å². The highest BCUT2D eigenvalue weighted by Gasteiger charge is 2.50. The van der Waals surface area contributed by atoms with Crippen molar-refractivity contribution in [1.29, 1.82) is 0 Å². The molecule has 7 atom stereocenters. The van der Waals surface area contributed by atoms with Crippen molar-refractivity contribution < 1.29 is 15.3 Å². The molecule has 3 aliphatic carbocycles. The van der Waals surface area contributed by atoms with Crippen molar-refractivity contribution >= 4 is 9.24 Å². The number of aliphatic hydroxyl groups excluding tert-OH is 2. The summed E-state index contributed by atoms with van der Waals surface area (Å²) in [6.45, 7) is 8.81. The Bertz CT molecular complexity index is 635. The molecule has 3 fully saturated rings. The van der Waals surface area contributed by atoms with Gasteiger partial charge in [0.25, 0.3) is 0 Å². The molecule has 0 heterocycles. The van der Waals surface area contributed by atoms with E-state index in [9.17, 15) is 15.3 Å². The van der Waals surface area contributed by atoms with Crippen LogP contribution in [0.25, 0.3) is 0 Å². The molecule has 0 amide bonds. The van der Waals surface area contributed by atoms with E-state index >= 15 is 0 Å². The first-order valence-electron chi connectivity index (χ1n) is 12.2. The zero-order valence-electron chi connectivity index (χ0n) is 19.6. The molecule has 0 aromatic carbocycles. The third-order valence-corrected chi connectivity index (χ3v) is 9.43. The molecule has 30 heavy (non-hydrogen) atoms. The quantitative estimate of drug-likeness (QED) is 0.489. The zero-order valence-corrected chi connectivity index (χ0v) is 20.8. The average Bonchev–Trinajstić information content (AvgIpc) is 3.00. The molecule has 0 aliphatic heterocycles. The Morgan fingerprint density at radius 3 is 2.47 bits per heavy atom. The van der Waals surface area contributed by atoms with Gasteiger partial charge in [0.15, 0.2) is 0 Å². The average molecular weight is 437 g/mol. The Morgan fingerprint density at radius 1 is 1.17 bits per heavy atom. The predicted molar refractivity (Wildman–Crippen MR) is 128 cm³/mol. The second-order valence-corrected chi connectivity index (χ2v) is 12.2. The minimum absolute atomic E-state index is 0.110. The largest absolute Gasteiger partial charge is 0.392 e. The maximum Gasteiger partial charge on any atom is 0.0664 e. The molecule has 0 saturated heterocycles. The second kappa shape index (κ2) is 9.74. The van der Waals surface area contributed by atoms with Crippen LogP contribution >= 0.6 is 9.24 Å². The van der Waals surface area contributed by atoms with Gasteiger partial charge in [0.2, 0.25) is 0 Å². The summed E-state index contributed by atoms with van der Waals surface area (Å²) in [6.07, 6.45) is 14.6. The highest BCUT2D eigenvalue weighted by Crippen LogP contribution is 2.60. The molecule has 1 unspecified atom stereocenters. The van der Waals surface area contributed by atoms with Crippen LogP contribution in [-0.2, 0) is 0 Å². The van der Waals surface area contributed by atoms with Crippen LogP contribution in [0.15, 0.2) is 23.3 Å². The van der Waals surface area contributed by atoms with Gasteiger partial charge in [-0.2, -0.15) is 0 Å². The van der Waals surface area contributed by atoms with Crippen molar-refractivity contribution in [3.63, 3.8) is 0 Å². The molecule has 4 heteroatoms. The molecule has 3 aliphatic rings. The molecule has 0 spiro atoms. The van der Waals surface area contributed by atoms with Gasteiger partial charge in [-0.25, -0.2) is 0 Å². The van der Waals surface area contributed by atoms with Gasteiger partial charge in [0.05, 0.1) is 17.8 Å². The number of fused-ring (bicyclic) bond motifs is 1. The Balaban J connectivity index is 1.67. The summed E-state index contributed by atoms with van der Waals surface area (Å²) in [7, 11) is 2.60. The Labute approximate surface area is 186 Å². The van der Waals surface area contributed by atoms with E-state index in [1.807, 2.05) is 13.8 Å². The van der Waals surface area contributed by atoms with Crippen molar-refractivity contribution in [2.75, 3.05) is 0 Å². The lowest BCUT2D eigenvalue weighted by Crippen LogP contribution is -2.37. The van der Waals surface area contributed by atoms with Crippen molar-refractivity contribution in [2.24, 2.45) is 23.2 Å². The van der Waals surface area contributed by atoms with Crippen LogP contribution in [0.5, 0.6) is 0 Å². The molecule has 0 aromatic rings. The number of hydrogen-bond donors (Lipinski definition) is 3. The normalized spacial score (nSPS) is 39.8. The van der Waals surface area contributed by atoms with Crippen LogP contribution in [0, 0.1) is 23.2 Å². The number of aliphatic hydroxyl groups is 3. The fourth-order valence-electron chi connectivity index (χ4n) is 6.78. The summed E-state index contributed by atoms with van der Waals surface area (Å²) in [4.78, 5) is 0. The molecule has 3 N–H and O–H groups in total. The summed E-state index contributed by atoms with van der Waals surface area (Å²) in [5.41, 5.74) is 2.52. The van der Waals surface area contributed by atoms with Gasteiger partial charge in [-0.1, -0.05) is 50.0 Å². The van der Waals surface area contributed by atoms with Crippen LogP contribution < -0.4 is 0 Å². The van der Waals surface area contributed by atoms with Gasteiger partial charge in [-0.15, -0.1) is 9.24 Å². The van der Waals surface area contributed by atoms with E-state index in [0.717, 1.165) is 18.8 Å². The van der Waals surface area contributed by atoms with Crippen LogP contribution in [0.4, 0.5) is 0 Å². The molecule has 0 aromatic heterocycles. The number of allylic oxidation sites excluding steroid dienone is 3. The topological polar surface area (TPSA) is 60.7 Å². The minimum Gasteiger partial charge on any atom is -0.392 e. The van der Waals surface area contributed by atoms with Crippen LogP contribution in [-0.4, -0.2) is 38.8 Å². The smallest absolute Gasteiger partial charge is 0.0664 e. The molecule has 3 nitrogen and oxygen atoms in total. The molecular formula is C26H45O3P. The predicted octanol–water partition coefficient (Wildman–Crippen LogP) is 5.39. The number of rotatable bonds is 6. The van der Waals surface area contributed by atoms with E-state index in [4.69, 9.17) is 0 Å². The van der Waals surface area contributed by atoms with E-state index in [2.05, 4.69) is 35.2 Å². The fraction of sp³-hybridized carbons (Fsp3) is 0.846. The van der Waals surface area contributed by atoms with E-state index in [1.165, 1.54) is 44.1 Å². The first-order chi connectivity index (χ1) is 14.0. The van der Waals surface area contributed by atoms with Gasteiger partial charge in [0, 0.05) is 5.66 Å². The van der Waals surface area contributed by atoms with Crippen molar-refractivity contribution in [1.82, 2.24) is 0 Å². The second-order valence-electron chi connectivity index (χ2n) is 11.5. The Hall–Kier alpha value is -0.210. The first-order valence-corrected chi connectivity index (χ1v) is 12.9. The van der Waals surface area contributed by atoms with E-state index in [-0.39, 0.29) is 5.66 Å². The monoisotopic (exact) mass is 436 g/mol. The minimum atomic E-state index is -0.549. The number of hydrogen-bond acceptors (Lipinski definition) is 3. The summed E-state index contributed by atoms with van der Waals surface area (Å²) in [5, 5.41) is 30.4. The van der Waals surface area contributed by atoms with E-state index in [1.54, 1.807) is 5.57 Å². The third-order valence-electron chi connectivity index (χ3n) is 8.54. The SMILES string of the molecule is C[C@H](CCCC(C)(C)O)[C@H]1CC[C@H]2/C(=C/C=C3C[C@@H](O)C(P)[C@H](O)C3)CCC[C@]12C. The third kappa shape index (κ3) is 5.58. The van der Waals surface area contributed by atoms with Crippen LogP contribution in [0.1, 0.15) is 91.9 Å². The fourth-order valence-corrected chi connectivity index (χ4v) is 7.05. The summed E-state index contributed by atoms with van der Waals surface area (Å²) >= 11 is 0. The Kier molecular flexibility index (Phi) is 7.93. The zero-order chi connectivity index (χ0) is 22.1. The maximum atomic E-state index is 10.2. The standard InChI is InChI=1S/C26H45O3P/c1-17(7-5-13-25(2,3)29)20-11-12-21-19(8-6-14-26(20,21)4)10-9-18-15-22(27)24(30)23(28)16-18/h9-10,17,20-24,27-29H,5-8,11-16,30H2,1-4H3/b18-9?,19-10+/t17-,20-,21+,22-,23-,24?,26-/m1/s1. The molecule has 3 rings (SSSR count). The first kappa shape index (κ1) is 24.4. The Morgan fingerprint density at radius 2 is 1.83 bits per heavy atom. The molecule has 3 saturated carbocycles. The maximum absolute atomic E-state index is 10.2. The van der Waals surface area contributed by atoms with Gasteiger partial charge >= 0.3 is 0 Å². The van der Waals surface area contributed by atoms with E-state index in [0.29, 0.717) is 30.1 Å². The lowest BCUT2D eigenvalue weighted by molar-refractivity contribution is 0.0595. The summed E-state index contributed by atoms with van der Waals surface area (Å²) < 4.78 is 0. The lowest BCUT2D eigenvalue weighted by atomic mass is 9.60. The van der Waals surface area contributed by atoms with Gasteiger partial charge in [-0.3, -0.25) is 0 Å². The summed E-state index contributed by atoms with van der Waals surface area (Å²) in [6, 6.07) is 0. The van der Waals surface area contributed by atoms with Gasteiger partial charge in [0.1, 0.15) is 0 Å². The van der Waals surface area contributed by atoms with Crippen molar-refractivity contribution in [3.05, 3.63) is 23.3 Å². The highest BCUT2D eigenvalue weighted by atomic mass is 31.0. The highest BCUT2D eigenvalue weighted by molar-refractivity contribution is 7.17. The summed E-state index contributed by atoms with van der Waals surface area (Å²) in [5.74, 6) is 2.16. The molecular weight excluding hydrogens is 391 g/mol. The van der Waals surface area contributed by atoms with Crippen molar-refractivity contribution in [2.45, 2.75) is 115 Å². The van der Waals surface area contributed by atoms with Gasteiger partial charge in [-0.05, 0) is 88.4 Å². The van der Waals surface area contributed by atoms with Crippen molar-refractivity contribution in [3.8, 4) is 0 Å². The van der Waals surface area contributed by atoms with Crippen LogP contribution in [0.3, 0.4) is 0 Å². The van der Waals surface area contributed by atoms with Crippen LogP contribution in [0.2, 0.25) is 0 Å². The molecule has 0 bridgehead atoms. The molecule has 0 radical (unpaired) electrons. The van der Waals surface area contributed by atoms with Gasteiger partial charge < -0.3 is 15.3 Å². The molecule has 172 valence electrons. The lowest BCUT2D eigenvalue weighted by Gasteiger charge is -2.44.